The summed E-state index contributed by atoms with van der Waals surface area (Å²) in [4.78, 5) is 12.1. The van der Waals surface area contributed by atoms with Crippen molar-refractivity contribution in [2.75, 3.05) is 27.4 Å². The van der Waals surface area contributed by atoms with E-state index >= 15 is 0 Å². The first-order valence-electron chi connectivity index (χ1n) is 8.22. The number of hydrogen-bond acceptors (Lipinski definition) is 6. The lowest BCUT2D eigenvalue weighted by atomic mass is 10.1. The first kappa shape index (κ1) is 18.8. The molecule has 0 aromatic heterocycles. The van der Waals surface area contributed by atoms with E-state index in [1.165, 1.54) is 20.4 Å². The molecule has 7 nitrogen and oxygen atoms in total. The highest BCUT2D eigenvalue weighted by Crippen LogP contribution is 2.32. The van der Waals surface area contributed by atoms with Crippen LogP contribution in [0.3, 0.4) is 0 Å². The molecule has 1 N–H and O–H groups in total. The number of carbonyl (C=O) groups excluding carboxylic acids is 1. The molecule has 0 radical (unpaired) electrons. The van der Waals surface area contributed by atoms with Crippen LogP contribution in [-0.4, -0.2) is 39.6 Å². The van der Waals surface area contributed by atoms with E-state index in [-0.39, 0.29) is 12.3 Å². The van der Waals surface area contributed by atoms with Crippen LogP contribution in [0.2, 0.25) is 5.02 Å². The maximum atomic E-state index is 12.1. The van der Waals surface area contributed by atoms with Gasteiger partial charge >= 0.3 is 0 Å². The fraction of sp³-hybridized carbons (Fsp3) is 0.263. The molecule has 27 heavy (non-hydrogen) atoms. The van der Waals surface area contributed by atoms with Crippen molar-refractivity contribution < 1.29 is 23.7 Å². The molecule has 0 saturated carbocycles. The average Bonchev–Trinajstić information content (AvgIpc) is 2.68. The Labute approximate surface area is 161 Å². The molecule has 0 aliphatic carbocycles. The van der Waals surface area contributed by atoms with Gasteiger partial charge in [0.1, 0.15) is 24.7 Å². The summed E-state index contributed by atoms with van der Waals surface area (Å²) in [5, 5.41) is 4.39. The van der Waals surface area contributed by atoms with Gasteiger partial charge in [-0.1, -0.05) is 17.7 Å². The summed E-state index contributed by atoms with van der Waals surface area (Å²) in [6.45, 7) is 1.03. The van der Waals surface area contributed by atoms with Gasteiger partial charge in [-0.25, -0.2) is 5.43 Å². The standard InChI is InChI=1S/C19H19ClN2O5/c1-24-16-10-17(25-2)14(20)9-13(16)11-21-22-19(23)8-12-3-4-15-18(7-12)27-6-5-26-15/h3-4,7,9-11H,5-6,8H2,1-2H3,(H,22,23)/b21-11+. The first-order valence-corrected chi connectivity index (χ1v) is 8.60. The van der Waals surface area contributed by atoms with Gasteiger partial charge in [0.25, 0.3) is 0 Å². The maximum absolute atomic E-state index is 12.1. The molecule has 1 aliphatic rings. The van der Waals surface area contributed by atoms with Crippen LogP contribution >= 0.6 is 11.6 Å². The zero-order valence-electron chi connectivity index (χ0n) is 15.0. The highest BCUT2D eigenvalue weighted by molar-refractivity contribution is 6.32. The molecule has 1 amide bonds. The van der Waals surface area contributed by atoms with Crippen LogP contribution in [0.25, 0.3) is 0 Å². The third kappa shape index (κ3) is 4.62. The van der Waals surface area contributed by atoms with Crippen molar-refractivity contribution in [2.45, 2.75) is 6.42 Å². The summed E-state index contributed by atoms with van der Waals surface area (Å²) < 4.78 is 21.4. The predicted molar refractivity (Wildman–Crippen MR) is 101 cm³/mol. The predicted octanol–water partition coefficient (Wildman–Crippen LogP) is 2.82. The largest absolute Gasteiger partial charge is 0.496 e. The minimum absolute atomic E-state index is 0.161. The quantitative estimate of drug-likeness (QED) is 0.606. The van der Waals surface area contributed by atoms with E-state index in [0.717, 1.165) is 5.56 Å². The van der Waals surface area contributed by atoms with Crippen LogP contribution < -0.4 is 24.4 Å². The van der Waals surface area contributed by atoms with Crippen molar-refractivity contribution in [3.63, 3.8) is 0 Å². The number of nitrogens with zero attached hydrogens (tertiary/aromatic N) is 1. The second-order valence-corrected chi connectivity index (χ2v) is 6.08. The molecule has 0 fully saturated rings. The second kappa shape index (κ2) is 8.64. The number of fused-ring (bicyclic) bond motifs is 1. The maximum Gasteiger partial charge on any atom is 0.244 e. The highest BCUT2D eigenvalue weighted by atomic mass is 35.5. The van der Waals surface area contributed by atoms with E-state index < -0.39 is 0 Å². The van der Waals surface area contributed by atoms with Gasteiger partial charge in [-0.05, 0) is 23.8 Å². The Hall–Kier alpha value is -2.93. The monoisotopic (exact) mass is 390 g/mol. The molecule has 2 aromatic carbocycles. The van der Waals surface area contributed by atoms with Crippen molar-refractivity contribution in [1.29, 1.82) is 0 Å². The Bertz CT molecular complexity index is 869. The van der Waals surface area contributed by atoms with Crippen LogP contribution in [-0.2, 0) is 11.2 Å². The van der Waals surface area contributed by atoms with E-state index in [1.54, 1.807) is 24.3 Å². The van der Waals surface area contributed by atoms with Crippen molar-refractivity contribution >= 4 is 23.7 Å². The Morgan fingerprint density at radius 3 is 2.63 bits per heavy atom. The molecule has 1 heterocycles. The van der Waals surface area contributed by atoms with E-state index in [4.69, 9.17) is 30.5 Å². The molecule has 3 rings (SSSR count). The Balaban J connectivity index is 1.63. The molecule has 1 aliphatic heterocycles. The molecular formula is C19H19ClN2O5. The number of nitrogens with one attached hydrogen (secondary N) is 1. The van der Waals surface area contributed by atoms with E-state index in [1.807, 2.05) is 6.07 Å². The van der Waals surface area contributed by atoms with Crippen LogP contribution in [0.15, 0.2) is 35.4 Å². The Kier molecular flexibility index (Phi) is 6.03. The summed E-state index contributed by atoms with van der Waals surface area (Å²) in [6.07, 6.45) is 1.63. The number of methoxy groups -OCH3 is 2. The third-order valence-corrected chi connectivity index (χ3v) is 4.16. The Morgan fingerprint density at radius 1 is 1.15 bits per heavy atom. The molecule has 8 heteroatoms. The molecule has 2 aromatic rings. The van der Waals surface area contributed by atoms with Gasteiger partial charge in [-0.3, -0.25) is 4.79 Å². The molecular weight excluding hydrogens is 372 g/mol. The number of ether oxygens (including phenoxy) is 4. The lowest BCUT2D eigenvalue weighted by Gasteiger charge is -2.18. The van der Waals surface area contributed by atoms with Gasteiger partial charge in [-0.2, -0.15) is 5.10 Å². The second-order valence-electron chi connectivity index (χ2n) is 5.68. The van der Waals surface area contributed by atoms with E-state index in [0.29, 0.717) is 46.8 Å². The van der Waals surface area contributed by atoms with Crippen molar-refractivity contribution in [3.8, 4) is 23.0 Å². The normalized spacial score (nSPS) is 12.7. The van der Waals surface area contributed by atoms with Crippen molar-refractivity contribution in [1.82, 2.24) is 5.43 Å². The number of halogens is 1. The van der Waals surface area contributed by atoms with Crippen LogP contribution in [0.4, 0.5) is 0 Å². The Morgan fingerprint density at radius 2 is 1.89 bits per heavy atom. The number of benzene rings is 2. The lowest BCUT2D eigenvalue weighted by Crippen LogP contribution is -2.20. The molecule has 0 saturated heterocycles. The average molecular weight is 391 g/mol. The van der Waals surface area contributed by atoms with Gasteiger partial charge < -0.3 is 18.9 Å². The highest BCUT2D eigenvalue weighted by Gasteiger charge is 2.13. The summed E-state index contributed by atoms with van der Waals surface area (Å²) in [6, 6.07) is 8.72. The number of amides is 1. The zero-order chi connectivity index (χ0) is 19.2. The molecule has 0 unspecified atom stereocenters. The van der Waals surface area contributed by atoms with Crippen LogP contribution in [0.5, 0.6) is 23.0 Å². The summed E-state index contributed by atoms with van der Waals surface area (Å²) in [5.74, 6) is 2.09. The third-order valence-electron chi connectivity index (χ3n) is 3.87. The lowest BCUT2D eigenvalue weighted by molar-refractivity contribution is -0.120. The fourth-order valence-corrected chi connectivity index (χ4v) is 2.83. The van der Waals surface area contributed by atoms with Gasteiger partial charge in [0.15, 0.2) is 11.5 Å². The number of rotatable bonds is 6. The van der Waals surface area contributed by atoms with Gasteiger partial charge in [0.05, 0.1) is 31.9 Å². The minimum Gasteiger partial charge on any atom is -0.496 e. The first-order chi connectivity index (χ1) is 13.1. The smallest absolute Gasteiger partial charge is 0.244 e. The fourth-order valence-electron chi connectivity index (χ4n) is 2.58. The van der Waals surface area contributed by atoms with Crippen molar-refractivity contribution in [2.24, 2.45) is 5.10 Å². The topological polar surface area (TPSA) is 78.4 Å². The number of hydrazone groups is 1. The minimum atomic E-state index is -0.262. The SMILES string of the molecule is COc1cc(OC)c(/C=N/NC(=O)Cc2ccc3c(c2)OCCO3)cc1Cl. The van der Waals surface area contributed by atoms with Crippen LogP contribution in [0.1, 0.15) is 11.1 Å². The molecule has 0 atom stereocenters. The van der Waals surface area contributed by atoms with Gasteiger partial charge in [0, 0.05) is 11.6 Å². The summed E-state index contributed by atoms with van der Waals surface area (Å²) in [5.41, 5.74) is 3.90. The zero-order valence-corrected chi connectivity index (χ0v) is 15.7. The molecule has 0 bridgehead atoms. The number of carbonyl (C=O) groups is 1. The summed E-state index contributed by atoms with van der Waals surface area (Å²) in [7, 11) is 3.05. The van der Waals surface area contributed by atoms with Crippen molar-refractivity contribution in [3.05, 3.63) is 46.5 Å². The van der Waals surface area contributed by atoms with Crippen LogP contribution in [0, 0.1) is 0 Å². The van der Waals surface area contributed by atoms with E-state index in [9.17, 15) is 4.79 Å². The molecule has 142 valence electrons. The molecule has 0 spiro atoms. The number of hydrogen-bond donors (Lipinski definition) is 1. The van der Waals surface area contributed by atoms with E-state index in [2.05, 4.69) is 10.5 Å². The van der Waals surface area contributed by atoms with Gasteiger partial charge in [0.2, 0.25) is 5.91 Å². The van der Waals surface area contributed by atoms with Gasteiger partial charge in [-0.15, -0.1) is 0 Å². The summed E-state index contributed by atoms with van der Waals surface area (Å²) >= 11 is 6.11.